The number of hydrogen-bond acceptors (Lipinski definition) is 3. The normalized spacial score (nSPS) is 10.8. The summed E-state index contributed by atoms with van der Waals surface area (Å²) in [4.78, 5) is 0.805. The second kappa shape index (κ2) is 6.04. The highest BCUT2D eigenvalue weighted by molar-refractivity contribution is 7.99. The van der Waals surface area contributed by atoms with E-state index in [1.54, 1.807) is 6.07 Å². The fourth-order valence-corrected chi connectivity index (χ4v) is 2.40. The van der Waals surface area contributed by atoms with E-state index in [4.69, 9.17) is 5.73 Å². The number of ether oxygens (including phenoxy) is 1. The van der Waals surface area contributed by atoms with Crippen LogP contribution in [0.25, 0.3) is 0 Å². The molecule has 0 fully saturated rings. The Balaban J connectivity index is 2.31. The molecule has 2 aromatic carbocycles. The van der Waals surface area contributed by atoms with Gasteiger partial charge in [0.05, 0.1) is 0 Å². The van der Waals surface area contributed by atoms with Gasteiger partial charge in [-0.05, 0) is 24.3 Å². The van der Waals surface area contributed by atoms with E-state index in [2.05, 4.69) is 4.74 Å². The summed E-state index contributed by atoms with van der Waals surface area (Å²) in [5.41, 5.74) is 5.66. The van der Waals surface area contributed by atoms with Crippen LogP contribution in [0.4, 0.5) is 23.2 Å². The fourth-order valence-electron chi connectivity index (χ4n) is 1.48. The van der Waals surface area contributed by atoms with Crippen molar-refractivity contribution in [2.45, 2.75) is 16.4 Å². The van der Waals surface area contributed by atoms with Gasteiger partial charge in [0.1, 0.15) is 5.82 Å². The van der Waals surface area contributed by atoms with Crippen LogP contribution < -0.4 is 10.5 Å². The van der Waals surface area contributed by atoms with Gasteiger partial charge in [-0.2, -0.15) is 8.78 Å². The lowest BCUT2D eigenvalue weighted by Gasteiger charge is -2.10. The fraction of sp³-hybridized carbons (Fsp3) is 0.0769. The van der Waals surface area contributed by atoms with Crippen LogP contribution in [-0.4, -0.2) is 6.61 Å². The molecule has 0 aliphatic heterocycles. The lowest BCUT2D eigenvalue weighted by molar-refractivity contribution is -0.0523. The highest BCUT2D eigenvalue weighted by Crippen LogP contribution is 2.36. The first-order valence-corrected chi connectivity index (χ1v) is 6.24. The van der Waals surface area contributed by atoms with Crippen LogP contribution in [0.15, 0.2) is 46.2 Å². The third-order valence-corrected chi connectivity index (χ3v) is 3.37. The van der Waals surface area contributed by atoms with Gasteiger partial charge in [0.2, 0.25) is 0 Å². The lowest BCUT2D eigenvalue weighted by atomic mass is 10.3. The summed E-state index contributed by atoms with van der Waals surface area (Å²) in [7, 11) is 0. The van der Waals surface area contributed by atoms with Crippen molar-refractivity contribution in [1.29, 1.82) is 0 Å². The molecule has 0 aliphatic carbocycles. The van der Waals surface area contributed by atoms with Gasteiger partial charge in [-0.3, -0.25) is 0 Å². The Kier molecular flexibility index (Phi) is 4.39. The summed E-state index contributed by atoms with van der Waals surface area (Å²) in [5, 5.41) is 0. The smallest absolute Gasteiger partial charge is 0.387 e. The molecule has 0 saturated carbocycles. The zero-order chi connectivity index (χ0) is 14.7. The Bertz CT molecular complexity index is 621. The Labute approximate surface area is 116 Å². The Hall–Kier alpha value is -1.89. The van der Waals surface area contributed by atoms with E-state index < -0.39 is 24.0 Å². The minimum absolute atomic E-state index is 0.0541. The molecule has 0 aliphatic rings. The Morgan fingerprint density at radius 3 is 2.50 bits per heavy atom. The molecule has 2 aromatic rings. The molecule has 2 rings (SSSR count). The quantitative estimate of drug-likeness (QED) is 0.675. The molecule has 106 valence electrons. The largest absolute Gasteiger partial charge is 0.432 e. The topological polar surface area (TPSA) is 35.2 Å². The maximum Gasteiger partial charge on any atom is 0.387 e. The number of benzene rings is 2. The molecule has 0 atom stereocenters. The van der Waals surface area contributed by atoms with Crippen molar-refractivity contribution in [2.75, 3.05) is 5.73 Å². The second-order valence-electron chi connectivity index (χ2n) is 3.76. The van der Waals surface area contributed by atoms with Gasteiger partial charge in [-0.15, -0.1) is 0 Å². The van der Waals surface area contributed by atoms with E-state index in [0.29, 0.717) is 9.79 Å². The van der Waals surface area contributed by atoms with Crippen LogP contribution >= 0.6 is 11.8 Å². The second-order valence-corrected chi connectivity index (χ2v) is 4.87. The van der Waals surface area contributed by atoms with E-state index in [1.165, 1.54) is 18.2 Å². The van der Waals surface area contributed by atoms with Gasteiger partial charge in [-0.1, -0.05) is 17.8 Å². The van der Waals surface area contributed by atoms with Crippen LogP contribution in [0.2, 0.25) is 0 Å². The maximum absolute atomic E-state index is 13.4. The molecule has 0 unspecified atom stereocenters. The summed E-state index contributed by atoms with van der Waals surface area (Å²) in [6.07, 6.45) is 0. The van der Waals surface area contributed by atoms with Crippen molar-refractivity contribution in [3.05, 3.63) is 48.0 Å². The average Bonchev–Trinajstić information content (AvgIpc) is 2.34. The summed E-state index contributed by atoms with van der Waals surface area (Å²) < 4.78 is 54.8. The molecule has 0 amide bonds. The van der Waals surface area contributed by atoms with Gasteiger partial charge in [0, 0.05) is 21.5 Å². The summed E-state index contributed by atoms with van der Waals surface area (Å²) in [6, 6.07) is 7.58. The highest BCUT2D eigenvalue weighted by Gasteiger charge is 2.14. The van der Waals surface area contributed by atoms with Gasteiger partial charge in [-0.25, -0.2) is 8.78 Å². The van der Waals surface area contributed by atoms with Crippen molar-refractivity contribution in [3.8, 4) is 5.75 Å². The first kappa shape index (κ1) is 14.5. The molecule has 2 nitrogen and oxygen atoms in total. The number of hydrogen-bond donors (Lipinski definition) is 1. The first-order chi connectivity index (χ1) is 9.45. The van der Waals surface area contributed by atoms with E-state index in [0.717, 1.165) is 23.9 Å². The summed E-state index contributed by atoms with van der Waals surface area (Å²) in [5.74, 6) is -2.03. The Morgan fingerprint density at radius 2 is 1.85 bits per heavy atom. The molecule has 7 heteroatoms. The molecule has 0 saturated heterocycles. The number of halogens is 4. The van der Waals surface area contributed by atoms with Gasteiger partial charge in [0.25, 0.3) is 0 Å². The van der Waals surface area contributed by atoms with Crippen LogP contribution in [0.1, 0.15) is 0 Å². The molecule has 0 spiro atoms. The van der Waals surface area contributed by atoms with E-state index in [1.807, 2.05) is 0 Å². The molecular formula is C13H9F4NOS. The molecule has 20 heavy (non-hydrogen) atoms. The number of nitrogens with two attached hydrogens (primary N) is 1. The van der Waals surface area contributed by atoms with Gasteiger partial charge < -0.3 is 10.5 Å². The van der Waals surface area contributed by atoms with Crippen LogP contribution in [0, 0.1) is 11.6 Å². The van der Waals surface area contributed by atoms with Crippen LogP contribution in [0.3, 0.4) is 0 Å². The molecule has 0 heterocycles. The number of nitrogen functional groups attached to an aromatic ring is 1. The highest BCUT2D eigenvalue weighted by atomic mass is 32.2. The van der Waals surface area contributed by atoms with Gasteiger partial charge in [0.15, 0.2) is 11.6 Å². The average molecular weight is 303 g/mol. The van der Waals surface area contributed by atoms with E-state index in [-0.39, 0.29) is 5.69 Å². The first-order valence-electron chi connectivity index (χ1n) is 5.43. The standard InChI is InChI=1S/C13H9F4NOS/c14-7-2-1-3-8(4-7)20-12-6-11(19-13(16)17)9(15)5-10(12)18/h1-6,13H,18H2. The van der Waals surface area contributed by atoms with E-state index in [9.17, 15) is 17.6 Å². The summed E-state index contributed by atoms with van der Waals surface area (Å²) in [6.45, 7) is -3.14. The zero-order valence-corrected chi connectivity index (χ0v) is 10.8. The van der Waals surface area contributed by atoms with Crippen molar-refractivity contribution >= 4 is 17.4 Å². The minimum atomic E-state index is -3.14. The molecule has 2 N–H and O–H groups in total. The number of anilines is 1. The minimum Gasteiger partial charge on any atom is -0.432 e. The Morgan fingerprint density at radius 1 is 1.10 bits per heavy atom. The third kappa shape index (κ3) is 3.57. The molecule has 0 aromatic heterocycles. The predicted octanol–water partition coefficient (Wildman–Crippen LogP) is 4.30. The van der Waals surface area contributed by atoms with Crippen molar-refractivity contribution < 1.29 is 22.3 Å². The third-order valence-electron chi connectivity index (χ3n) is 2.30. The predicted molar refractivity (Wildman–Crippen MR) is 68.0 cm³/mol. The zero-order valence-electron chi connectivity index (χ0n) is 9.95. The molecule has 0 bridgehead atoms. The molecular weight excluding hydrogens is 294 g/mol. The van der Waals surface area contributed by atoms with E-state index >= 15 is 0 Å². The molecule has 0 radical (unpaired) electrons. The van der Waals surface area contributed by atoms with Crippen molar-refractivity contribution in [3.63, 3.8) is 0 Å². The van der Waals surface area contributed by atoms with Crippen LogP contribution in [0.5, 0.6) is 5.75 Å². The SMILES string of the molecule is Nc1cc(F)c(OC(F)F)cc1Sc1cccc(F)c1. The van der Waals surface area contributed by atoms with Crippen molar-refractivity contribution in [1.82, 2.24) is 0 Å². The van der Waals surface area contributed by atoms with Crippen molar-refractivity contribution in [2.24, 2.45) is 0 Å². The maximum atomic E-state index is 13.4. The van der Waals surface area contributed by atoms with Gasteiger partial charge >= 0.3 is 6.61 Å². The lowest BCUT2D eigenvalue weighted by Crippen LogP contribution is -2.04. The number of rotatable bonds is 4. The number of alkyl halides is 2. The monoisotopic (exact) mass is 303 g/mol. The van der Waals surface area contributed by atoms with Crippen LogP contribution in [-0.2, 0) is 0 Å². The summed E-state index contributed by atoms with van der Waals surface area (Å²) >= 11 is 1.02.